The SMILES string of the molecule is Cc1cccc(N2CCN(CCc3ccc4ccccc4n3)CC2)c1.Cl. The van der Waals surface area contributed by atoms with Crippen LogP contribution < -0.4 is 4.90 Å². The molecule has 1 aliphatic heterocycles. The molecule has 4 heteroatoms. The maximum atomic E-state index is 4.79. The van der Waals surface area contributed by atoms with Crippen molar-refractivity contribution in [3.05, 3.63) is 71.9 Å². The van der Waals surface area contributed by atoms with Crippen molar-refractivity contribution in [3.8, 4) is 0 Å². The standard InChI is InChI=1S/C22H25N3.ClH/c1-18-5-4-7-21(17-18)25-15-13-24(14-16-25)12-11-20-10-9-19-6-2-3-8-22(19)23-20;/h2-10,17H,11-16H2,1H3;1H. The Morgan fingerprint density at radius 3 is 2.50 bits per heavy atom. The summed E-state index contributed by atoms with van der Waals surface area (Å²) in [5.74, 6) is 0. The largest absolute Gasteiger partial charge is 0.369 e. The van der Waals surface area contributed by atoms with Gasteiger partial charge in [0.05, 0.1) is 5.52 Å². The van der Waals surface area contributed by atoms with Gasteiger partial charge in [-0.3, -0.25) is 9.88 Å². The summed E-state index contributed by atoms with van der Waals surface area (Å²) in [5.41, 5.74) is 4.99. The minimum absolute atomic E-state index is 0. The number of aryl methyl sites for hydroxylation is 1. The van der Waals surface area contributed by atoms with Crippen LogP contribution in [-0.2, 0) is 6.42 Å². The van der Waals surface area contributed by atoms with E-state index in [1.54, 1.807) is 0 Å². The second kappa shape index (κ2) is 8.52. The van der Waals surface area contributed by atoms with Crippen LogP contribution in [0, 0.1) is 6.92 Å². The van der Waals surface area contributed by atoms with Crippen molar-refractivity contribution in [1.82, 2.24) is 9.88 Å². The third-order valence-corrected chi connectivity index (χ3v) is 5.08. The Balaban J connectivity index is 0.00000196. The fourth-order valence-electron chi connectivity index (χ4n) is 3.57. The third kappa shape index (κ3) is 4.35. The molecule has 0 N–H and O–H groups in total. The highest BCUT2D eigenvalue weighted by molar-refractivity contribution is 5.85. The molecule has 0 saturated carbocycles. The molecule has 1 fully saturated rings. The van der Waals surface area contributed by atoms with E-state index >= 15 is 0 Å². The van der Waals surface area contributed by atoms with Gasteiger partial charge in [-0.1, -0.05) is 36.4 Å². The highest BCUT2D eigenvalue weighted by Crippen LogP contribution is 2.18. The van der Waals surface area contributed by atoms with Gasteiger partial charge in [-0.2, -0.15) is 0 Å². The average Bonchev–Trinajstić information content (AvgIpc) is 2.66. The lowest BCUT2D eigenvalue weighted by atomic mass is 10.1. The Kier molecular flexibility index (Phi) is 6.12. The predicted octanol–water partition coefficient (Wildman–Crippen LogP) is 4.33. The molecule has 1 aliphatic rings. The van der Waals surface area contributed by atoms with Crippen LogP contribution in [-0.4, -0.2) is 42.6 Å². The zero-order valence-electron chi connectivity index (χ0n) is 15.3. The van der Waals surface area contributed by atoms with Gasteiger partial charge in [0.15, 0.2) is 0 Å². The molecule has 2 aromatic carbocycles. The molecule has 0 amide bonds. The van der Waals surface area contributed by atoms with Crippen molar-refractivity contribution in [2.75, 3.05) is 37.6 Å². The van der Waals surface area contributed by atoms with E-state index in [9.17, 15) is 0 Å². The van der Waals surface area contributed by atoms with Crippen LogP contribution in [0.4, 0.5) is 5.69 Å². The number of anilines is 1. The Labute approximate surface area is 162 Å². The molecular formula is C22H26ClN3. The summed E-state index contributed by atoms with van der Waals surface area (Å²) in [6.45, 7) is 7.72. The first-order chi connectivity index (χ1) is 12.3. The van der Waals surface area contributed by atoms with Crippen molar-refractivity contribution in [1.29, 1.82) is 0 Å². The molecular weight excluding hydrogens is 342 g/mol. The smallest absolute Gasteiger partial charge is 0.0705 e. The first kappa shape index (κ1) is 18.7. The van der Waals surface area contributed by atoms with Crippen LogP contribution in [0.1, 0.15) is 11.3 Å². The van der Waals surface area contributed by atoms with Gasteiger partial charge in [-0.15, -0.1) is 12.4 Å². The third-order valence-electron chi connectivity index (χ3n) is 5.08. The molecule has 0 bridgehead atoms. The number of hydrogen-bond donors (Lipinski definition) is 0. The van der Waals surface area contributed by atoms with Gasteiger partial charge in [0.2, 0.25) is 0 Å². The Morgan fingerprint density at radius 1 is 0.885 bits per heavy atom. The highest BCUT2D eigenvalue weighted by atomic mass is 35.5. The van der Waals surface area contributed by atoms with Crippen molar-refractivity contribution in [2.45, 2.75) is 13.3 Å². The monoisotopic (exact) mass is 367 g/mol. The summed E-state index contributed by atoms with van der Waals surface area (Å²) in [5, 5.41) is 1.22. The van der Waals surface area contributed by atoms with E-state index in [0.29, 0.717) is 0 Å². The quantitative estimate of drug-likeness (QED) is 0.684. The molecule has 0 aliphatic carbocycles. The lowest BCUT2D eigenvalue weighted by molar-refractivity contribution is 0.260. The topological polar surface area (TPSA) is 19.4 Å². The van der Waals surface area contributed by atoms with Gasteiger partial charge >= 0.3 is 0 Å². The number of fused-ring (bicyclic) bond motifs is 1. The van der Waals surface area contributed by atoms with E-state index in [1.165, 1.54) is 22.3 Å². The maximum absolute atomic E-state index is 4.79. The number of para-hydroxylation sites is 1. The van der Waals surface area contributed by atoms with Gasteiger partial charge in [-0.05, 0) is 36.8 Å². The molecule has 0 radical (unpaired) electrons. The molecule has 0 atom stereocenters. The van der Waals surface area contributed by atoms with E-state index in [2.05, 4.69) is 77.4 Å². The summed E-state index contributed by atoms with van der Waals surface area (Å²) in [6.07, 6.45) is 1.02. The van der Waals surface area contributed by atoms with Crippen LogP contribution in [0.5, 0.6) is 0 Å². The van der Waals surface area contributed by atoms with Crippen molar-refractivity contribution in [2.24, 2.45) is 0 Å². The first-order valence-corrected chi connectivity index (χ1v) is 9.16. The summed E-state index contributed by atoms with van der Waals surface area (Å²) in [7, 11) is 0. The molecule has 0 unspecified atom stereocenters. The van der Waals surface area contributed by atoms with Crippen LogP contribution in [0.15, 0.2) is 60.7 Å². The molecule has 3 nitrogen and oxygen atoms in total. The van der Waals surface area contributed by atoms with E-state index in [-0.39, 0.29) is 12.4 Å². The minimum atomic E-state index is 0. The summed E-state index contributed by atoms with van der Waals surface area (Å²) >= 11 is 0. The maximum Gasteiger partial charge on any atom is 0.0705 e. The predicted molar refractivity (Wildman–Crippen MR) is 113 cm³/mol. The van der Waals surface area contributed by atoms with Crippen LogP contribution in [0.25, 0.3) is 10.9 Å². The van der Waals surface area contributed by atoms with Crippen LogP contribution in [0.3, 0.4) is 0 Å². The van der Waals surface area contributed by atoms with Crippen LogP contribution >= 0.6 is 12.4 Å². The van der Waals surface area contributed by atoms with Gasteiger partial charge in [0.1, 0.15) is 0 Å². The second-order valence-electron chi connectivity index (χ2n) is 6.91. The number of halogens is 1. The minimum Gasteiger partial charge on any atom is -0.369 e. The van der Waals surface area contributed by atoms with E-state index in [0.717, 1.165) is 44.7 Å². The molecule has 0 spiro atoms. The average molecular weight is 368 g/mol. The normalized spacial score (nSPS) is 15.0. The number of benzene rings is 2. The zero-order valence-corrected chi connectivity index (χ0v) is 16.1. The summed E-state index contributed by atoms with van der Waals surface area (Å²) in [6, 6.07) is 21.5. The molecule has 26 heavy (non-hydrogen) atoms. The molecule has 4 rings (SSSR count). The zero-order chi connectivity index (χ0) is 17.1. The molecule has 3 aromatic rings. The molecule has 136 valence electrons. The van der Waals surface area contributed by atoms with Crippen molar-refractivity contribution >= 4 is 29.0 Å². The highest BCUT2D eigenvalue weighted by Gasteiger charge is 2.17. The van der Waals surface area contributed by atoms with Crippen LogP contribution in [0.2, 0.25) is 0 Å². The first-order valence-electron chi connectivity index (χ1n) is 9.16. The fourth-order valence-corrected chi connectivity index (χ4v) is 3.57. The summed E-state index contributed by atoms with van der Waals surface area (Å²) in [4.78, 5) is 9.85. The number of aromatic nitrogens is 1. The van der Waals surface area contributed by atoms with Gasteiger partial charge in [0.25, 0.3) is 0 Å². The van der Waals surface area contributed by atoms with Gasteiger partial charge in [-0.25, -0.2) is 0 Å². The van der Waals surface area contributed by atoms with Crippen molar-refractivity contribution < 1.29 is 0 Å². The number of nitrogens with zero attached hydrogens (tertiary/aromatic N) is 3. The lowest BCUT2D eigenvalue weighted by Crippen LogP contribution is -2.47. The van der Waals surface area contributed by atoms with Crippen molar-refractivity contribution in [3.63, 3.8) is 0 Å². The number of piperazine rings is 1. The summed E-state index contributed by atoms with van der Waals surface area (Å²) < 4.78 is 0. The number of rotatable bonds is 4. The Bertz CT molecular complexity index is 857. The van der Waals surface area contributed by atoms with E-state index in [4.69, 9.17) is 4.98 Å². The number of pyridine rings is 1. The molecule has 1 saturated heterocycles. The Hall–Kier alpha value is -2.10. The lowest BCUT2D eigenvalue weighted by Gasteiger charge is -2.36. The number of hydrogen-bond acceptors (Lipinski definition) is 3. The second-order valence-corrected chi connectivity index (χ2v) is 6.91. The molecule has 2 heterocycles. The van der Waals surface area contributed by atoms with Gasteiger partial charge < -0.3 is 4.90 Å². The van der Waals surface area contributed by atoms with E-state index in [1.807, 2.05) is 0 Å². The Morgan fingerprint density at radius 2 is 1.69 bits per heavy atom. The van der Waals surface area contributed by atoms with Gasteiger partial charge in [0, 0.05) is 55.9 Å². The van der Waals surface area contributed by atoms with E-state index < -0.39 is 0 Å². The fraction of sp³-hybridized carbons (Fsp3) is 0.318. The molecule has 1 aromatic heterocycles.